The van der Waals surface area contributed by atoms with Crippen LogP contribution in [0.1, 0.15) is 401 Å². The van der Waals surface area contributed by atoms with Gasteiger partial charge in [-0.25, -0.2) is 9.13 Å². The summed E-state index contributed by atoms with van der Waals surface area (Å²) >= 11 is 0. The topological polar surface area (TPSA) is 237 Å². The van der Waals surface area contributed by atoms with Gasteiger partial charge >= 0.3 is 39.5 Å². The van der Waals surface area contributed by atoms with Gasteiger partial charge < -0.3 is 33.8 Å². The molecular weight excluding hydrogens is 1260 g/mol. The van der Waals surface area contributed by atoms with Gasteiger partial charge in [0, 0.05) is 25.7 Å². The highest BCUT2D eigenvalue weighted by Gasteiger charge is 2.30. The smallest absolute Gasteiger partial charge is 0.462 e. The molecule has 19 heteroatoms. The van der Waals surface area contributed by atoms with E-state index in [-0.39, 0.29) is 25.7 Å². The Bertz CT molecular complexity index is 1860. The Morgan fingerprint density at radius 3 is 0.740 bits per heavy atom. The normalized spacial score (nSPS) is 14.6. The number of esters is 4. The third-order valence-corrected chi connectivity index (χ3v) is 20.6. The van der Waals surface area contributed by atoms with Gasteiger partial charge in [0.25, 0.3) is 0 Å². The lowest BCUT2D eigenvalue weighted by Crippen LogP contribution is -2.30. The van der Waals surface area contributed by atoms with E-state index in [0.717, 1.165) is 102 Å². The van der Waals surface area contributed by atoms with E-state index in [1.54, 1.807) is 0 Å². The summed E-state index contributed by atoms with van der Waals surface area (Å²) in [4.78, 5) is 72.9. The van der Waals surface area contributed by atoms with E-state index in [1.165, 1.54) is 218 Å². The Balaban J connectivity index is 5.26. The molecule has 0 aliphatic rings. The Hall–Kier alpha value is -1.94. The molecule has 0 aromatic carbocycles. The molecule has 0 fully saturated rings. The lowest BCUT2D eigenvalue weighted by Gasteiger charge is -2.21. The van der Waals surface area contributed by atoms with E-state index in [9.17, 15) is 43.2 Å². The first-order valence-corrected chi connectivity index (χ1v) is 43.1. The number of hydrogen-bond acceptors (Lipinski definition) is 15. The maximum atomic E-state index is 13.1. The van der Waals surface area contributed by atoms with Crippen molar-refractivity contribution in [2.45, 2.75) is 419 Å². The molecule has 3 N–H and O–H groups in total. The fourth-order valence-electron chi connectivity index (χ4n) is 11.8. The van der Waals surface area contributed by atoms with Crippen LogP contribution in [0.3, 0.4) is 0 Å². The van der Waals surface area contributed by atoms with Crippen molar-refractivity contribution in [3.8, 4) is 0 Å². The molecule has 0 bridgehead atoms. The minimum Gasteiger partial charge on any atom is -0.462 e. The highest BCUT2D eigenvalue weighted by atomic mass is 31.2. The maximum Gasteiger partial charge on any atom is 0.472 e. The quantitative estimate of drug-likeness (QED) is 0.0222. The molecule has 0 rings (SSSR count). The van der Waals surface area contributed by atoms with Crippen molar-refractivity contribution in [3.05, 3.63) is 0 Å². The summed E-state index contributed by atoms with van der Waals surface area (Å²) < 4.78 is 68.6. The third-order valence-electron chi connectivity index (χ3n) is 18.7. The molecule has 0 aliphatic carbocycles. The molecule has 0 aromatic heterocycles. The SMILES string of the molecule is CCCCCCCCCCCCCCCCCCCCC(=O)O[C@H](COC(=O)CCCCCCCCCCCCCCCC)COP(=O)(O)OC[C@@H](O)COP(=O)(O)OC[C@@H](COC(=O)CCCCCCCCCCC(C)CC)OC(=O)CCCCCCCCCCC(C)CC. The van der Waals surface area contributed by atoms with Crippen LogP contribution >= 0.6 is 15.6 Å². The Labute approximate surface area is 588 Å². The van der Waals surface area contributed by atoms with Crippen molar-refractivity contribution < 1.29 is 80.2 Å². The van der Waals surface area contributed by atoms with Crippen molar-refractivity contribution >= 4 is 39.5 Å². The van der Waals surface area contributed by atoms with Crippen LogP contribution < -0.4 is 0 Å². The number of unbranched alkanes of at least 4 members (excludes halogenated alkanes) is 44. The Kier molecular flexibility index (Phi) is 67.4. The Morgan fingerprint density at radius 2 is 0.500 bits per heavy atom. The number of phosphoric ester groups is 2. The molecule has 4 unspecified atom stereocenters. The molecule has 96 heavy (non-hydrogen) atoms. The summed E-state index contributed by atoms with van der Waals surface area (Å²) in [6.45, 7) is 9.61. The van der Waals surface area contributed by atoms with Crippen LogP contribution in [0.4, 0.5) is 0 Å². The van der Waals surface area contributed by atoms with Crippen LogP contribution in [0, 0.1) is 11.8 Å². The molecule has 0 heterocycles. The zero-order chi connectivity index (χ0) is 70.7. The van der Waals surface area contributed by atoms with Crippen LogP contribution in [-0.4, -0.2) is 96.7 Å². The van der Waals surface area contributed by atoms with Crippen molar-refractivity contribution in [2.75, 3.05) is 39.6 Å². The predicted octanol–water partition coefficient (Wildman–Crippen LogP) is 22.7. The van der Waals surface area contributed by atoms with E-state index in [0.29, 0.717) is 25.7 Å². The van der Waals surface area contributed by atoms with E-state index < -0.39 is 97.5 Å². The fourth-order valence-corrected chi connectivity index (χ4v) is 13.3. The number of aliphatic hydroxyl groups is 1. The summed E-state index contributed by atoms with van der Waals surface area (Å²) in [5.74, 6) is -0.567. The van der Waals surface area contributed by atoms with E-state index in [2.05, 4.69) is 41.5 Å². The fraction of sp³-hybridized carbons (Fsp3) is 0.948. The largest absolute Gasteiger partial charge is 0.472 e. The molecule has 7 atom stereocenters. The van der Waals surface area contributed by atoms with Gasteiger partial charge in [-0.05, 0) is 37.5 Å². The number of phosphoric acid groups is 2. The molecule has 0 aromatic rings. The summed E-state index contributed by atoms with van der Waals surface area (Å²) in [6.07, 6.45) is 56.7. The van der Waals surface area contributed by atoms with Crippen LogP contribution in [0.2, 0.25) is 0 Å². The average Bonchev–Trinajstić information content (AvgIpc) is 1.22. The van der Waals surface area contributed by atoms with Gasteiger partial charge in [0.2, 0.25) is 0 Å². The second kappa shape index (κ2) is 68.8. The number of aliphatic hydroxyl groups excluding tert-OH is 1. The molecule has 0 aliphatic heterocycles. The molecule has 0 saturated carbocycles. The molecule has 17 nitrogen and oxygen atoms in total. The van der Waals surface area contributed by atoms with E-state index in [4.69, 9.17) is 37.0 Å². The van der Waals surface area contributed by atoms with Crippen LogP contribution in [0.15, 0.2) is 0 Å². The number of carbonyl (C=O) groups is 4. The van der Waals surface area contributed by atoms with Gasteiger partial charge in [-0.15, -0.1) is 0 Å². The van der Waals surface area contributed by atoms with E-state index >= 15 is 0 Å². The number of rotatable bonds is 76. The molecule has 0 saturated heterocycles. The van der Waals surface area contributed by atoms with Crippen molar-refractivity contribution in [1.29, 1.82) is 0 Å². The molecular formula is C77H150O17P2. The molecule has 0 spiro atoms. The first-order chi connectivity index (χ1) is 46.4. The summed E-state index contributed by atoms with van der Waals surface area (Å²) in [7, 11) is -9.91. The zero-order valence-corrected chi connectivity index (χ0v) is 64.5. The second-order valence-corrected chi connectivity index (χ2v) is 31.1. The minimum atomic E-state index is -4.96. The van der Waals surface area contributed by atoms with Gasteiger partial charge in [0.05, 0.1) is 26.4 Å². The van der Waals surface area contributed by atoms with E-state index in [1.807, 2.05) is 0 Å². The van der Waals surface area contributed by atoms with Crippen LogP contribution in [0.25, 0.3) is 0 Å². The first kappa shape index (κ1) is 94.1. The molecule has 0 amide bonds. The summed E-state index contributed by atoms with van der Waals surface area (Å²) in [5, 5.41) is 10.6. The number of hydrogen-bond donors (Lipinski definition) is 3. The third kappa shape index (κ3) is 67.9. The van der Waals surface area contributed by atoms with Crippen LogP contribution in [0.5, 0.6) is 0 Å². The first-order valence-electron chi connectivity index (χ1n) is 40.1. The van der Waals surface area contributed by atoms with Gasteiger partial charge in [0.1, 0.15) is 19.3 Å². The monoisotopic (exact) mass is 1410 g/mol. The highest BCUT2D eigenvalue weighted by molar-refractivity contribution is 7.47. The summed E-state index contributed by atoms with van der Waals surface area (Å²) in [6, 6.07) is 0. The molecule has 570 valence electrons. The summed E-state index contributed by atoms with van der Waals surface area (Å²) in [5.41, 5.74) is 0. The van der Waals surface area contributed by atoms with Gasteiger partial charge in [-0.1, -0.05) is 350 Å². The van der Waals surface area contributed by atoms with Gasteiger partial charge in [0.15, 0.2) is 12.2 Å². The standard InChI is InChI=1S/C77H150O17P2/c1-7-11-13-15-17-19-21-23-25-26-27-28-30-32-34-43-49-55-61-76(81)93-72(65-87-74(79)59-53-47-41-33-31-29-24-22-20-18-16-14-12-8-2)67-91-95(83,84)89-63-71(78)64-90-96(85,86)92-68-73(94-77(82)62-56-50-44-38-36-40-46-52-58-70(6)10-4)66-88-75(80)60-54-48-42-37-35-39-45-51-57-69(5)9-3/h69-73,78H,7-68H2,1-6H3,(H,83,84)(H,85,86)/t69?,70?,71-,72-,73-/m1/s1. The van der Waals surface area contributed by atoms with Crippen molar-refractivity contribution in [1.82, 2.24) is 0 Å². The van der Waals surface area contributed by atoms with Gasteiger partial charge in [-0.2, -0.15) is 0 Å². The Morgan fingerprint density at radius 1 is 0.292 bits per heavy atom. The second-order valence-electron chi connectivity index (χ2n) is 28.2. The predicted molar refractivity (Wildman–Crippen MR) is 391 cm³/mol. The zero-order valence-electron chi connectivity index (χ0n) is 62.7. The lowest BCUT2D eigenvalue weighted by atomic mass is 9.99. The van der Waals surface area contributed by atoms with Gasteiger partial charge in [-0.3, -0.25) is 37.3 Å². The lowest BCUT2D eigenvalue weighted by molar-refractivity contribution is -0.161. The number of carbonyl (C=O) groups excluding carboxylic acids is 4. The van der Waals surface area contributed by atoms with Crippen molar-refractivity contribution in [3.63, 3.8) is 0 Å². The minimum absolute atomic E-state index is 0.105. The van der Waals surface area contributed by atoms with Crippen molar-refractivity contribution in [2.24, 2.45) is 11.8 Å². The number of ether oxygens (including phenoxy) is 4. The maximum absolute atomic E-state index is 13.1. The highest BCUT2D eigenvalue weighted by Crippen LogP contribution is 2.45. The van der Waals surface area contributed by atoms with Crippen LogP contribution in [-0.2, 0) is 65.4 Å². The average molecular weight is 1410 g/mol. The molecule has 0 radical (unpaired) electrons.